The second kappa shape index (κ2) is 7.55. The van der Waals surface area contributed by atoms with Gasteiger partial charge in [0.2, 0.25) is 0 Å². The van der Waals surface area contributed by atoms with Gasteiger partial charge in [0.25, 0.3) is 5.91 Å². The molecule has 0 unspecified atom stereocenters. The summed E-state index contributed by atoms with van der Waals surface area (Å²) in [5.41, 5.74) is 2.29. The number of carbonyl (C=O) groups is 1. The molecule has 0 aliphatic carbocycles. The number of carbonyl (C=O) groups excluding carboxylic acids is 1. The van der Waals surface area contributed by atoms with E-state index in [2.05, 4.69) is 23.9 Å². The molecule has 0 saturated carbocycles. The number of ether oxygens (including phenoxy) is 1. The maximum Gasteiger partial charge on any atom is 0.255 e. The Hall–Kier alpha value is -1.95. The summed E-state index contributed by atoms with van der Waals surface area (Å²) in [7, 11) is 3.51. The maximum absolute atomic E-state index is 13.0. The van der Waals surface area contributed by atoms with Crippen molar-refractivity contribution in [2.45, 2.75) is 39.7 Å². The van der Waals surface area contributed by atoms with Gasteiger partial charge < -0.3 is 9.64 Å². The van der Waals surface area contributed by atoms with Gasteiger partial charge in [-0.15, -0.1) is 0 Å². The summed E-state index contributed by atoms with van der Waals surface area (Å²) in [4.78, 5) is 19.3. The van der Waals surface area contributed by atoms with Crippen LogP contribution in [-0.2, 0) is 11.8 Å². The maximum atomic E-state index is 13.0. The van der Waals surface area contributed by atoms with Gasteiger partial charge in [0.15, 0.2) is 5.65 Å². The molecule has 2 rings (SSSR count). The third kappa shape index (κ3) is 3.52. The minimum atomic E-state index is 0.00778. The van der Waals surface area contributed by atoms with Crippen LogP contribution in [0.1, 0.15) is 42.7 Å². The van der Waals surface area contributed by atoms with Crippen molar-refractivity contribution in [3.8, 4) is 0 Å². The summed E-state index contributed by atoms with van der Waals surface area (Å²) in [6.07, 6.45) is 3.50. The Balaban J connectivity index is 2.36. The Morgan fingerprint density at radius 1 is 1.39 bits per heavy atom. The number of aryl methyl sites for hydroxylation is 2. The second-order valence-electron chi connectivity index (χ2n) is 5.77. The summed E-state index contributed by atoms with van der Waals surface area (Å²) in [6, 6.07) is 2.11. The molecule has 2 heterocycles. The molecule has 0 fully saturated rings. The van der Waals surface area contributed by atoms with Crippen molar-refractivity contribution < 1.29 is 9.53 Å². The first-order valence-electron chi connectivity index (χ1n) is 8.12. The van der Waals surface area contributed by atoms with Crippen LogP contribution in [0.4, 0.5) is 0 Å². The van der Waals surface area contributed by atoms with Crippen LogP contribution in [-0.4, -0.2) is 51.9 Å². The number of nitrogens with zero attached hydrogens (tertiary/aromatic N) is 4. The lowest BCUT2D eigenvalue weighted by Crippen LogP contribution is -2.41. The topological polar surface area (TPSA) is 60.2 Å². The highest BCUT2D eigenvalue weighted by atomic mass is 16.5. The summed E-state index contributed by atoms with van der Waals surface area (Å²) >= 11 is 0. The Bertz CT molecular complexity index is 677. The molecule has 0 radical (unpaired) electrons. The lowest BCUT2D eigenvalue weighted by atomic mass is 10.1. The van der Waals surface area contributed by atoms with Crippen LogP contribution in [0, 0.1) is 6.92 Å². The molecule has 126 valence electrons. The zero-order valence-corrected chi connectivity index (χ0v) is 14.7. The van der Waals surface area contributed by atoms with E-state index in [1.54, 1.807) is 18.0 Å². The highest BCUT2D eigenvalue weighted by Crippen LogP contribution is 2.19. The van der Waals surface area contributed by atoms with Crippen molar-refractivity contribution >= 4 is 16.9 Å². The molecule has 0 N–H and O–H groups in total. The number of methoxy groups -OCH3 is 1. The van der Waals surface area contributed by atoms with Crippen LogP contribution in [0.25, 0.3) is 11.0 Å². The van der Waals surface area contributed by atoms with Crippen LogP contribution in [0.3, 0.4) is 0 Å². The van der Waals surface area contributed by atoms with Crippen molar-refractivity contribution in [3.05, 3.63) is 23.5 Å². The second-order valence-corrected chi connectivity index (χ2v) is 5.77. The van der Waals surface area contributed by atoms with E-state index in [1.165, 1.54) is 0 Å². The number of hydrogen-bond donors (Lipinski definition) is 0. The molecule has 1 amide bonds. The van der Waals surface area contributed by atoms with E-state index in [0.717, 1.165) is 29.6 Å². The molecule has 0 saturated heterocycles. The fraction of sp³-hybridized carbons (Fsp3) is 0.588. The number of amides is 1. The van der Waals surface area contributed by atoms with E-state index in [4.69, 9.17) is 4.74 Å². The molecular formula is C17H26N4O2. The summed E-state index contributed by atoms with van der Waals surface area (Å²) in [6.45, 7) is 7.26. The molecule has 0 spiro atoms. The number of rotatable bonds is 7. The Kier molecular flexibility index (Phi) is 5.71. The predicted octanol–water partition coefficient (Wildman–Crippen LogP) is 2.55. The Morgan fingerprint density at radius 2 is 2.09 bits per heavy atom. The van der Waals surface area contributed by atoms with Crippen molar-refractivity contribution in [1.82, 2.24) is 19.7 Å². The van der Waals surface area contributed by atoms with Gasteiger partial charge >= 0.3 is 0 Å². The fourth-order valence-corrected chi connectivity index (χ4v) is 2.96. The summed E-state index contributed by atoms with van der Waals surface area (Å²) in [5, 5.41) is 5.29. The zero-order chi connectivity index (χ0) is 17.0. The van der Waals surface area contributed by atoms with Crippen LogP contribution < -0.4 is 0 Å². The molecule has 0 aromatic carbocycles. The molecule has 0 atom stereocenters. The molecule has 0 aliphatic heterocycles. The van der Waals surface area contributed by atoms with E-state index < -0.39 is 0 Å². The van der Waals surface area contributed by atoms with Crippen LogP contribution in [0.15, 0.2) is 12.3 Å². The lowest BCUT2D eigenvalue weighted by molar-refractivity contribution is 0.0589. The van der Waals surface area contributed by atoms with Crippen LogP contribution in [0.5, 0.6) is 0 Å². The average Bonchev–Trinajstić information content (AvgIpc) is 2.85. The molecule has 2 aromatic heterocycles. The smallest absolute Gasteiger partial charge is 0.255 e. The minimum Gasteiger partial charge on any atom is -0.383 e. The molecule has 23 heavy (non-hydrogen) atoms. The standard InChI is InChI=1S/C17H26N4O2/c1-6-14(7-2)21(8-9-23-5)17(22)13-10-15-12(3)19-20(4)16(15)18-11-13/h10-11,14H,6-9H2,1-5H3. The monoisotopic (exact) mass is 318 g/mol. The molecule has 6 heteroatoms. The van der Waals surface area contributed by atoms with E-state index in [0.29, 0.717) is 18.7 Å². The normalized spacial score (nSPS) is 11.4. The Morgan fingerprint density at radius 3 is 2.70 bits per heavy atom. The van der Waals surface area contributed by atoms with Crippen LogP contribution >= 0.6 is 0 Å². The van der Waals surface area contributed by atoms with Gasteiger partial charge in [-0.25, -0.2) is 4.98 Å². The highest BCUT2D eigenvalue weighted by Gasteiger charge is 2.23. The summed E-state index contributed by atoms with van der Waals surface area (Å²) < 4.78 is 6.91. The first kappa shape index (κ1) is 17.4. The third-order valence-electron chi connectivity index (χ3n) is 4.29. The number of pyridine rings is 1. The molecule has 2 aromatic rings. The van der Waals surface area contributed by atoms with Gasteiger partial charge in [0.1, 0.15) is 0 Å². The van der Waals surface area contributed by atoms with E-state index >= 15 is 0 Å². The quantitative estimate of drug-likeness (QED) is 0.787. The van der Waals surface area contributed by atoms with Gasteiger partial charge in [-0.1, -0.05) is 13.8 Å². The Labute approximate surface area is 137 Å². The molecular weight excluding hydrogens is 292 g/mol. The molecule has 6 nitrogen and oxygen atoms in total. The fourth-order valence-electron chi connectivity index (χ4n) is 2.96. The van der Waals surface area contributed by atoms with Crippen molar-refractivity contribution in [1.29, 1.82) is 0 Å². The highest BCUT2D eigenvalue weighted by molar-refractivity contribution is 5.97. The van der Waals surface area contributed by atoms with Gasteiger partial charge in [-0.2, -0.15) is 5.10 Å². The average molecular weight is 318 g/mol. The van der Waals surface area contributed by atoms with Gasteiger partial charge in [-0.3, -0.25) is 9.48 Å². The number of hydrogen-bond acceptors (Lipinski definition) is 4. The largest absolute Gasteiger partial charge is 0.383 e. The predicted molar refractivity (Wildman–Crippen MR) is 90.5 cm³/mol. The molecule has 0 aliphatic rings. The van der Waals surface area contributed by atoms with Crippen molar-refractivity contribution in [2.24, 2.45) is 7.05 Å². The first-order chi connectivity index (χ1) is 11.0. The third-order valence-corrected chi connectivity index (χ3v) is 4.29. The lowest BCUT2D eigenvalue weighted by Gasteiger charge is -2.30. The van der Waals surface area contributed by atoms with E-state index in [1.807, 2.05) is 24.9 Å². The minimum absolute atomic E-state index is 0.00778. The number of aromatic nitrogens is 3. The zero-order valence-electron chi connectivity index (χ0n) is 14.7. The summed E-state index contributed by atoms with van der Waals surface area (Å²) in [5.74, 6) is 0.00778. The van der Waals surface area contributed by atoms with Crippen molar-refractivity contribution in [3.63, 3.8) is 0 Å². The van der Waals surface area contributed by atoms with E-state index in [-0.39, 0.29) is 11.9 Å². The molecule has 0 bridgehead atoms. The van der Waals surface area contributed by atoms with E-state index in [9.17, 15) is 4.79 Å². The van der Waals surface area contributed by atoms with Crippen molar-refractivity contribution in [2.75, 3.05) is 20.3 Å². The van der Waals surface area contributed by atoms with Crippen LogP contribution in [0.2, 0.25) is 0 Å². The van der Waals surface area contributed by atoms with Gasteiger partial charge in [0.05, 0.1) is 17.9 Å². The van der Waals surface area contributed by atoms with Gasteiger partial charge in [0, 0.05) is 38.3 Å². The SMILES string of the molecule is CCC(CC)N(CCOC)C(=O)c1cnc2c(c1)c(C)nn2C. The number of fused-ring (bicyclic) bond motifs is 1. The first-order valence-corrected chi connectivity index (χ1v) is 8.12. The van der Waals surface area contributed by atoms with Gasteiger partial charge in [-0.05, 0) is 25.8 Å².